The topological polar surface area (TPSA) is 79.3 Å². The molecule has 1 fully saturated rings. The van der Waals surface area contributed by atoms with Gasteiger partial charge in [0.25, 0.3) is 5.91 Å². The van der Waals surface area contributed by atoms with Gasteiger partial charge >= 0.3 is 0 Å². The summed E-state index contributed by atoms with van der Waals surface area (Å²) in [6.45, 7) is 7.10. The molecule has 3 aliphatic heterocycles. The molecule has 0 saturated carbocycles. The minimum absolute atomic E-state index is 0.0674. The van der Waals surface area contributed by atoms with Gasteiger partial charge in [-0.25, -0.2) is 0 Å². The molecule has 3 heterocycles. The van der Waals surface area contributed by atoms with Crippen LogP contribution in [0.25, 0.3) is 0 Å². The number of fused-ring (bicyclic) bond motifs is 3. The van der Waals surface area contributed by atoms with Gasteiger partial charge in [-0.05, 0) is 65.6 Å². The summed E-state index contributed by atoms with van der Waals surface area (Å²) in [6, 6.07) is 31.7. The van der Waals surface area contributed by atoms with E-state index in [0.29, 0.717) is 13.0 Å². The van der Waals surface area contributed by atoms with Crippen LogP contribution in [0.4, 0.5) is 11.4 Å². The lowest BCUT2D eigenvalue weighted by Crippen LogP contribution is -2.52. The number of ether oxygens (including phenoxy) is 2. The first-order valence-corrected chi connectivity index (χ1v) is 20.5. The van der Waals surface area contributed by atoms with E-state index in [2.05, 4.69) is 60.2 Å². The quantitative estimate of drug-likeness (QED) is 0.215. The number of para-hydroxylation sites is 1. The molecule has 9 heteroatoms. The smallest absolute Gasteiger partial charge is 0.268 e. The first-order chi connectivity index (χ1) is 23.1. The van der Waals surface area contributed by atoms with Crippen molar-refractivity contribution in [2.45, 2.75) is 62.7 Å². The summed E-state index contributed by atoms with van der Waals surface area (Å²) in [5.41, 5.74) is 3.27. The highest BCUT2D eigenvalue weighted by atomic mass is 79.9. The third-order valence-electron chi connectivity index (χ3n) is 11.0. The molecule has 1 spiro atoms. The summed E-state index contributed by atoms with van der Waals surface area (Å²) in [5.74, 6) is 0.339. The van der Waals surface area contributed by atoms with E-state index < -0.39 is 19.8 Å². The Kier molecular flexibility index (Phi) is 8.60. The first kappa shape index (κ1) is 32.8. The lowest BCUT2D eigenvalue weighted by molar-refractivity contribution is -0.150. The molecule has 7 rings (SSSR count). The highest BCUT2D eigenvalue weighted by Gasteiger charge is 2.67. The summed E-state index contributed by atoms with van der Waals surface area (Å²) in [4.78, 5) is 33.1. The van der Waals surface area contributed by atoms with Crippen LogP contribution in [0.3, 0.4) is 0 Å². The Morgan fingerprint density at radius 1 is 1.00 bits per heavy atom. The summed E-state index contributed by atoms with van der Waals surface area (Å²) in [6.07, 6.45) is 0.190. The van der Waals surface area contributed by atoms with Crippen LogP contribution in [-0.2, 0) is 32.9 Å². The van der Waals surface area contributed by atoms with Crippen molar-refractivity contribution >= 4 is 52.4 Å². The number of rotatable bonds is 7. The van der Waals surface area contributed by atoms with Gasteiger partial charge in [0.2, 0.25) is 5.91 Å². The van der Waals surface area contributed by atoms with Crippen LogP contribution < -0.4 is 14.8 Å². The Labute approximate surface area is 291 Å². The number of amides is 2. The number of halogens is 1. The van der Waals surface area contributed by atoms with Crippen molar-refractivity contribution in [2.24, 2.45) is 5.92 Å². The first-order valence-electron chi connectivity index (χ1n) is 16.6. The van der Waals surface area contributed by atoms with Gasteiger partial charge in [0.1, 0.15) is 5.75 Å². The van der Waals surface area contributed by atoms with E-state index in [1.54, 1.807) is 12.0 Å². The molecule has 5 atom stereocenters. The molecular weight excluding hydrogens is 684 g/mol. The van der Waals surface area contributed by atoms with Crippen LogP contribution in [-0.4, -0.2) is 55.8 Å². The lowest BCUT2D eigenvalue weighted by atomic mass is 9.82. The van der Waals surface area contributed by atoms with E-state index in [1.165, 1.54) is 5.19 Å². The minimum Gasteiger partial charge on any atom is -0.497 e. The van der Waals surface area contributed by atoms with E-state index in [-0.39, 0.29) is 42.3 Å². The fraction of sp³-hybridized carbons (Fsp3) is 0.333. The van der Waals surface area contributed by atoms with Crippen molar-refractivity contribution in [1.82, 2.24) is 4.90 Å². The average Bonchev–Trinajstić information content (AvgIpc) is 3.53. The lowest BCUT2D eigenvalue weighted by Gasteiger charge is -2.39. The van der Waals surface area contributed by atoms with Gasteiger partial charge in [-0.1, -0.05) is 95.7 Å². The largest absolute Gasteiger partial charge is 0.497 e. The summed E-state index contributed by atoms with van der Waals surface area (Å²) in [7, 11) is -0.789. The molecule has 0 unspecified atom stereocenters. The number of carbonyl (C=O) groups is 2. The molecule has 3 aliphatic rings. The number of anilines is 2. The molecule has 0 aliphatic carbocycles. The Bertz CT molecular complexity index is 1850. The van der Waals surface area contributed by atoms with Gasteiger partial charge in [0, 0.05) is 28.2 Å². The Morgan fingerprint density at radius 3 is 2.38 bits per heavy atom. The molecule has 4 aromatic rings. The average molecular weight is 726 g/mol. The SMILES string of the molecule is COc1ccc([Si](C)(C)[C@@H]2[C@@H](CC(=O)N3Cc4ccccc4C[C@H]3CO)O[C@]3(C(=O)N(c4ccccc4)c4ccc(Br)cc43)[C@H]2C)cc1. The Morgan fingerprint density at radius 2 is 1.69 bits per heavy atom. The number of aliphatic hydroxyl groups excluding tert-OH is 1. The maximum atomic E-state index is 15.0. The van der Waals surface area contributed by atoms with Gasteiger partial charge in [-0.2, -0.15) is 0 Å². The van der Waals surface area contributed by atoms with Crippen molar-refractivity contribution < 1.29 is 24.2 Å². The van der Waals surface area contributed by atoms with E-state index >= 15 is 4.79 Å². The Balaban J connectivity index is 1.32. The molecule has 0 aromatic heterocycles. The fourth-order valence-corrected chi connectivity index (χ4v) is 12.9. The number of aliphatic hydroxyl groups is 1. The third kappa shape index (κ3) is 5.23. The second kappa shape index (κ2) is 12.6. The number of carbonyl (C=O) groups excluding carboxylic acids is 2. The van der Waals surface area contributed by atoms with Gasteiger partial charge < -0.3 is 19.5 Å². The van der Waals surface area contributed by atoms with Crippen molar-refractivity contribution in [1.29, 1.82) is 0 Å². The van der Waals surface area contributed by atoms with Gasteiger partial charge in [0.15, 0.2) is 5.60 Å². The predicted molar refractivity (Wildman–Crippen MR) is 193 cm³/mol. The molecular formula is C39H41BrN2O5Si. The number of benzene rings is 4. The van der Waals surface area contributed by atoms with Crippen LogP contribution in [0.1, 0.15) is 30.0 Å². The zero-order valence-electron chi connectivity index (χ0n) is 27.7. The minimum atomic E-state index is -2.45. The molecule has 0 bridgehead atoms. The highest BCUT2D eigenvalue weighted by Crippen LogP contribution is 2.61. The molecule has 248 valence electrons. The molecule has 4 aromatic carbocycles. The van der Waals surface area contributed by atoms with Crippen LogP contribution in [0, 0.1) is 5.92 Å². The third-order valence-corrected chi connectivity index (χ3v) is 15.8. The zero-order valence-corrected chi connectivity index (χ0v) is 30.3. The maximum Gasteiger partial charge on any atom is 0.268 e. The van der Waals surface area contributed by atoms with Crippen LogP contribution in [0.15, 0.2) is 102 Å². The van der Waals surface area contributed by atoms with Gasteiger partial charge in [0.05, 0.1) is 46.0 Å². The van der Waals surface area contributed by atoms with Crippen molar-refractivity contribution in [3.8, 4) is 5.75 Å². The normalized spacial score (nSPS) is 24.9. The number of nitrogens with zero attached hydrogens (tertiary/aromatic N) is 2. The second-order valence-electron chi connectivity index (χ2n) is 13.8. The van der Waals surface area contributed by atoms with Crippen molar-refractivity contribution in [3.63, 3.8) is 0 Å². The predicted octanol–water partition coefficient (Wildman–Crippen LogP) is 6.69. The van der Waals surface area contributed by atoms with E-state index in [9.17, 15) is 9.90 Å². The highest BCUT2D eigenvalue weighted by molar-refractivity contribution is 9.10. The van der Waals surface area contributed by atoms with Crippen molar-refractivity contribution in [2.75, 3.05) is 18.6 Å². The van der Waals surface area contributed by atoms with E-state index in [0.717, 1.165) is 38.3 Å². The summed E-state index contributed by atoms with van der Waals surface area (Å²) >= 11 is 3.68. The number of hydrogen-bond acceptors (Lipinski definition) is 5. The van der Waals surface area contributed by atoms with Crippen LogP contribution in [0.5, 0.6) is 5.75 Å². The molecule has 1 N–H and O–H groups in total. The van der Waals surface area contributed by atoms with Gasteiger partial charge in [-0.3, -0.25) is 14.5 Å². The van der Waals surface area contributed by atoms with E-state index in [4.69, 9.17) is 9.47 Å². The van der Waals surface area contributed by atoms with Crippen LogP contribution >= 0.6 is 15.9 Å². The monoisotopic (exact) mass is 724 g/mol. The fourth-order valence-electron chi connectivity index (χ4n) is 8.58. The number of methoxy groups -OCH3 is 1. The molecule has 7 nitrogen and oxygen atoms in total. The molecule has 0 radical (unpaired) electrons. The number of hydrogen-bond donors (Lipinski definition) is 1. The standard InChI is InChI=1S/C39H41BrN2O5Si/c1-25-37(48(3,4)32-17-15-31(46-2)16-18-32)35(22-36(44)41-23-27-11-9-8-10-26(27)20-30(41)24-43)47-39(25)33-21-28(40)14-19-34(33)42(38(39)45)29-12-6-5-7-13-29/h5-19,21,25,30,35,37,43H,20,22-24H2,1-4H3/t25-,30-,35+,37-,39+/m0/s1. The van der Waals surface area contributed by atoms with E-state index in [1.807, 2.05) is 77.7 Å². The molecule has 1 saturated heterocycles. The summed E-state index contributed by atoms with van der Waals surface area (Å²) < 4.78 is 13.6. The summed E-state index contributed by atoms with van der Waals surface area (Å²) in [5, 5.41) is 11.6. The zero-order chi connectivity index (χ0) is 33.8. The van der Waals surface area contributed by atoms with Gasteiger partial charge in [-0.15, -0.1) is 0 Å². The second-order valence-corrected chi connectivity index (χ2v) is 19.4. The maximum absolute atomic E-state index is 15.0. The molecule has 2 amide bonds. The van der Waals surface area contributed by atoms with Crippen LogP contribution in [0.2, 0.25) is 18.6 Å². The Hall–Kier alpha value is -3.76. The molecule has 48 heavy (non-hydrogen) atoms. The van der Waals surface area contributed by atoms with Crippen molar-refractivity contribution in [3.05, 3.63) is 118 Å².